The Morgan fingerprint density at radius 1 is 1.32 bits per heavy atom. The molecule has 0 radical (unpaired) electrons. The fourth-order valence-corrected chi connectivity index (χ4v) is 2.42. The Balaban J connectivity index is 2.07. The minimum absolute atomic E-state index is 0.0243. The van der Waals surface area contributed by atoms with E-state index in [4.69, 9.17) is 5.73 Å². The van der Waals surface area contributed by atoms with E-state index in [9.17, 15) is 13.6 Å². The van der Waals surface area contributed by atoms with E-state index >= 15 is 0 Å². The molecule has 1 aliphatic rings. The summed E-state index contributed by atoms with van der Waals surface area (Å²) in [5, 5.41) is 0. The highest BCUT2D eigenvalue weighted by Crippen LogP contribution is 2.18. The highest BCUT2D eigenvalue weighted by Gasteiger charge is 2.26. The monoisotopic (exact) mass is 268 g/mol. The molecule has 0 bridgehead atoms. The number of hydrogen-bond acceptors (Lipinski definition) is 2. The maximum absolute atomic E-state index is 13.6. The SMILES string of the molecule is NCC(Cc1ccc(F)cc1F)C(=O)N1CCCC1. The first-order valence-electron chi connectivity index (χ1n) is 6.54. The van der Waals surface area contributed by atoms with Crippen LogP contribution in [0.1, 0.15) is 18.4 Å². The number of likely N-dealkylation sites (tertiary alicyclic amines) is 1. The van der Waals surface area contributed by atoms with Crippen molar-refractivity contribution in [3.05, 3.63) is 35.4 Å². The zero-order valence-corrected chi connectivity index (χ0v) is 10.7. The molecule has 19 heavy (non-hydrogen) atoms. The molecule has 1 heterocycles. The molecule has 1 unspecified atom stereocenters. The summed E-state index contributed by atoms with van der Waals surface area (Å²) in [5.74, 6) is -1.69. The lowest BCUT2D eigenvalue weighted by atomic mass is 9.97. The molecule has 3 nitrogen and oxygen atoms in total. The molecule has 1 aliphatic heterocycles. The van der Waals surface area contributed by atoms with Crippen molar-refractivity contribution in [1.29, 1.82) is 0 Å². The Labute approximate surface area is 111 Å². The Kier molecular flexibility index (Phi) is 4.47. The predicted molar refractivity (Wildman–Crippen MR) is 68.4 cm³/mol. The number of nitrogens with zero attached hydrogens (tertiary/aromatic N) is 1. The van der Waals surface area contributed by atoms with Crippen molar-refractivity contribution >= 4 is 5.91 Å². The molecule has 0 aromatic heterocycles. The molecule has 5 heteroatoms. The smallest absolute Gasteiger partial charge is 0.227 e. The zero-order valence-electron chi connectivity index (χ0n) is 10.7. The van der Waals surface area contributed by atoms with Crippen molar-refractivity contribution in [2.24, 2.45) is 11.7 Å². The van der Waals surface area contributed by atoms with Gasteiger partial charge in [0.15, 0.2) is 0 Å². The van der Waals surface area contributed by atoms with Crippen LogP contribution in [-0.4, -0.2) is 30.4 Å². The van der Waals surface area contributed by atoms with E-state index in [1.165, 1.54) is 12.1 Å². The maximum Gasteiger partial charge on any atom is 0.227 e. The summed E-state index contributed by atoms with van der Waals surface area (Å²) in [6.45, 7) is 1.68. The van der Waals surface area contributed by atoms with Crippen LogP contribution < -0.4 is 5.73 Å². The van der Waals surface area contributed by atoms with Crippen molar-refractivity contribution in [1.82, 2.24) is 4.90 Å². The van der Waals surface area contributed by atoms with E-state index in [-0.39, 0.29) is 18.9 Å². The lowest BCUT2D eigenvalue weighted by Gasteiger charge is -2.22. The van der Waals surface area contributed by atoms with Crippen LogP contribution in [-0.2, 0) is 11.2 Å². The third kappa shape index (κ3) is 3.29. The molecule has 2 rings (SSSR count). The minimum atomic E-state index is -0.618. The van der Waals surface area contributed by atoms with Gasteiger partial charge in [0.25, 0.3) is 0 Å². The first-order chi connectivity index (χ1) is 9.11. The molecule has 1 saturated heterocycles. The maximum atomic E-state index is 13.6. The molecule has 104 valence electrons. The zero-order chi connectivity index (χ0) is 13.8. The Morgan fingerprint density at radius 2 is 2.00 bits per heavy atom. The van der Waals surface area contributed by atoms with Gasteiger partial charge in [0.05, 0.1) is 5.92 Å². The number of benzene rings is 1. The fourth-order valence-electron chi connectivity index (χ4n) is 2.42. The summed E-state index contributed by atoms with van der Waals surface area (Å²) in [6.07, 6.45) is 2.24. The van der Waals surface area contributed by atoms with Crippen LogP contribution in [0.5, 0.6) is 0 Å². The third-order valence-corrected chi connectivity index (χ3v) is 3.53. The van der Waals surface area contributed by atoms with Gasteiger partial charge in [-0.05, 0) is 30.9 Å². The lowest BCUT2D eigenvalue weighted by molar-refractivity contribution is -0.134. The quantitative estimate of drug-likeness (QED) is 0.903. The number of amides is 1. The van der Waals surface area contributed by atoms with Crippen LogP contribution >= 0.6 is 0 Å². The number of carbonyl (C=O) groups is 1. The van der Waals surface area contributed by atoms with Gasteiger partial charge in [-0.25, -0.2) is 8.78 Å². The molecule has 0 saturated carbocycles. The fraction of sp³-hybridized carbons (Fsp3) is 0.500. The van der Waals surface area contributed by atoms with Crippen LogP contribution in [0.25, 0.3) is 0 Å². The van der Waals surface area contributed by atoms with Crippen molar-refractivity contribution in [3.63, 3.8) is 0 Å². The van der Waals surface area contributed by atoms with Crippen molar-refractivity contribution in [3.8, 4) is 0 Å². The van der Waals surface area contributed by atoms with E-state index in [1.807, 2.05) is 0 Å². The van der Waals surface area contributed by atoms with E-state index in [2.05, 4.69) is 0 Å². The van der Waals surface area contributed by atoms with Crippen LogP contribution in [0, 0.1) is 17.6 Å². The lowest BCUT2D eigenvalue weighted by Crippen LogP contribution is -2.38. The molecule has 1 amide bonds. The van der Waals surface area contributed by atoms with Gasteiger partial charge in [-0.2, -0.15) is 0 Å². The second-order valence-corrected chi connectivity index (χ2v) is 4.90. The van der Waals surface area contributed by atoms with E-state index in [1.54, 1.807) is 4.90 Å². The molecule has 1 aromatic rings. The predicted octanol–water partition coefficient (Wildman–Crippen LogP) is 1.70. The standard InChI is InChI=1S/C14H18F2N2O/c15-12-4-3-10(13(16)8-12)7-11(9-17)14(19)18-5-1-2-6-18/h3-4,8,11H,1-2,5-7,9,17H2. The topological polar surface area (TPSA) is 46.3 Å². The van der Waals surface area contributed by atoms with Crippen LogP contribution in [0.3, 0.4) is 0 Å². The van der Waals surface area contributed by atoms with Gasteiger partial charge in [0.2, 0.25) is 5.91 Å². The van der Waals surface area contributed by atoms with E-state index in [0.717, 1.165) is 32.0 Å². The van der Waals surface area contributed by atoms with Gasteiger partial charge in [-0.1, -0.05) is 6.07 Å². The largest absolute Gasteiger partial charge is 0.342 e. The number of nitrogens with two attached hydrogens (primary N) is 1. The third-order valence-electron chi connectivity index (χ3n) is 3.53. The Bertz CT molecular complexity index is 459. The number of carbonyl (C=O) groups excluding carboxylic acids is 1. The highest BCUT2D eigenvalue weighted by molar-refractivity contribution is 5.79. The number of rotatable bonds is 4. The molecule has 0 aliphatic carbocycles. The summed E-state index contributed by atoms with van der Waals surface area (Å²) in [6, 6.07) is 3.42. The van der Waals surface area contributed by atoms with Crippen LogP contribution in [0.2, 0.25) is 0 Å². The normalized spacial score (nSPS) is 16.7. The summed E-state index contributed by atoms with van der Waals surface area (Å²) in [4.78, 5) is 14.0. The van der Waals surface area contributed by atoms with Crippen LogP contribution in [0.4, 0.5) is 8.78 Å². The van der Waals surface area contributed by atoms with Crippen LogP contribution in [0.15, 0.2) is 18.2 Å². The second-order valence-electron chi connectivity index (χ2n) is 4.90. The molecule has 1 atom stereocenters. The Hall–Kier alpha value is -1.49. The van der Waals surface area contributed by atoms with Crippen molar-refractivity contribution in [2.75, 3.05) is 19.6 Å². The van der Waals surface area contributed by atoms with E-state index < -0.39 is 17.6 Å². The van der Waals surface area contributed by atoms with Gasteiger partial charge in [-0.3, -0.25) is 4.79 Å². The molecule has 0 spiro atoms. The van der Waals surface area contributed by atoms with Gasteiger partial charge in [0, 0.05) is 25.7 Å². The minimum Gasteiger partial charge on any atom is -0.342 e. The van der Waals surface area contributed by atoms with Crippen molar-refractivity contribution < 1.29 is 13.6 Å². The molecule has 1 fully saturated rings. The van der Waals surface area contributed by atoms with Gasteiger partial charge in [-0.15, -0.1) is 0 Å². The number of hydrogen-bond donors (Lipinski definition) is 1. The summed E-state index contributed by atoms with van der Waals surface area (Å²) >= 11 is 0. The average molecular weight is 268 g/mol. The molecule has 2 N–H and O–H groups in total. The second kappa shape index (κ2) is 6.10. The van der Waals surface area contributed by atoms with Crippen molar-refractivity contribution in [2.45, 2.75) is 19.3 Å². The average Bonchev–Trinajstić information content (AvgIpc) is 2.91. The molecule has 1 aromatic carbocycles. The highest BCUT2D eigenvalue weighted by atomic mass is 19.1. The summed E-state index contributed by atoms with van der Waals surface area (Å²) in [7, 11) is 0. The summed E-state index contributed by atoms with van der Waals surface area (Å²) in [5.41, 5.74) is 5.96. The first-order valence-corrected chi connectivity index (χ1v) is 6.54. The summed E-state index contributed by atoms with van der Waals surface area (Å²) < 4.78 is 26.4. The molecular formula is C14H18F2N2O. The number of halogens is 2. The van der Waals surface area contributed by atoms with E-state index in [0.29, 0.717) is 5.56 Å². The molecular weight excluding hydrogens is 250 g/mol. The Morgan fingerprint density at radius 3 is 2.58 bits per heavy atom. The first kappa shape index (κ1) is 13.9. The van der Waals surface area contributed by atoms with Gasteiger partial charge in [0.1, 0.15) is 11.6 Å². The van der Waals surface area contributed by atoms with Gasteiger partial charge >= 0.3 is 0 Å². The van der Waals surface area contributed by atoms with Gasteiger partial charge < -0.3 is 10.6 Å².